The summed E-state index contributed by atoms with van der Waals surface area (Å²) in [5.74, 6) is -1.33. The molecule has 34 heavy (non-hydrogen) atoms. The van der Waals surface area contributed by atoms with Gasteiger partial charge in [-0.15, -0.1) is 0 Å². The largest absolute Gasteiger partial charge is 0.462 e. The SMILES string of the molecule is CCOC(=O)c1ccc(NC(=O)/C(C#N)=C/c2ccc(OC(=O)c3cccc(Cl)c3)cc2)cc1. The van der Waals surface area contributed by atoms with Crippen LogP contribution in [0.2, 0.25) is 5.02 Å². The van der Waals surface area contributed by atoms with Gasteiger partial charge in [-0.2, -0.15) is 5.26 Å². The second-order valence-electron chi connectivity index (χ2n) is 6.89. The fourth-order valence-corrected chi connectivity index (χ4v) is 3.02. The van der Waals surface area contributed by atoms with Crippen LogP contribution in [-0.2, 0) is 9.53 Å². The van der Waals surface area contributed by atoms with Gasteiger partial charge < -0.3 is 14.8 Å². The second-order valence-corrected chi connectivity index (χ2v) is 7.33. The number of hydrogen-bond acceptors (Lipinski definition) is 6. The summed E-state index contributed by atoms with van der Waals surface area (Å²) in [4.78, 5) is 36.4. The topological polar surface area (TPSA) is 105 Å². The van der Waals surface area contributed by atoms with Gasteiger partial charge in [0.25, 0.3) is 5.91 Å². The quantitative estimate of drug-likeness (QED) is 0.216. The van der Waals surface area contributed by atoms with Crippen LogP contribution in [0.25, 0.3) is 6.08 Å². The third kappa shape index (κ3) is 6.55. The first-order valence-corrected chi connectivity index (χ1v) is 10.6. The summed E-state index contributed by atoms with van der Waals surface area (Å²) in [6.07, 6.45) is 1.41. The molecule has 0 aliphatic carbocycles. The third-order valence-electron chi connectivity index (χ3n) is 4.48. The number of nitrogens with one attached hydrogen (secondary N) is 1. The first-order chi connectivity index (χ1) is 16.4. The Balaban J connectivity index is 1.65. The van der Waals surface area contributed by atoms with Crippen molar-refractivity contribution in [2.24, 2.45) is 0 Å². The van der Waals surface area contributed by atoms with Gasteiger partial charge in [0.05, 0.1) is 17.7 Å². The number of rotatable bonds is 7. The smallest absolute Gasteiger partial charge is 0.343 e. The number of amides is 1. The van der Waals surface area contributed by atoms with Gasteiger partial charge >= 0.3 is 11.9 Å². The molecule has 1 N–H and O–H groups in total. The maximum absolute atomic E-state index is 12.5. The lowest BCUT2D eigenvalue weighted by Crippen LogP contribution is -2.13. The van der Waals surface area contributed by atoms with Gasteiger partial charge in [0.2, 0.25) is 0 Å². The molecule has 7 nitrogen and oxygen atoms in total. The Kier molecular flexibility index (Phi) is 8.16. The molecule has 0 fully saturated rings. The Morgan fingerprint density at radius 2 is 1.68 bits per heavy atom. The predicted octanol–water partition coefficient (Wildman–Crippen LogP) is 5.28. The number of benzene rings is 3. The lowest BCUT2D eigenvalue weighted by atomic mass is 10.1. The van der Waals surface area contributed by atoms with E-state index < -0.39 is 17.8 Å². The first-order valence-electron chi connectivity index (χ1n) is 10.2. The summed E-state index contributed by atoms with van der Waals surface area (Å²) in [5, 5.41) is 12.4. The van der Waals surface area contributed by atoms with Gasteiger partial charge in [-0.05, 0) is 73.2 Å². The number of nitrogens with zero attached hydrogens (tertiary/aromatic N) is 1. The van der Waals surface area contributed by atoms with Crippen LogP contribution >= 0.6 is 11.6 Å². The normalized spacial score (nSPS) is 10.7. The van der Waals surface area contributed by atoms with Crippen LogP contribution in [0.1, 0.15) is 33.2 Å². The molecule has 0 heterocycles. The summed E-state index contributed by atoms with van der Waals surface area (Å²) in [7, 11) is 0. The van der Waals surface area contributed by atoms with Crippen LogP contribution in [0.4, 0.5) is 5.69 Å². The average molecular weight is 475 g/mol. The molecule has 0 radical (unpaired) electrons. The molecule has 0 aromatic heterocycles. The molecule has 0 bridgehead atoms. The van der Waals surface area contributed by atoms with Gasteiger partial charge in [-0.3, -0.25) is 4.79 Å². The molecule has 0 aliphatic heterocycles. The molecule has 3 rings (SSSR count). The Bertz CT molecular complexity index is 1280. The highest BCUT2D eigenvalue weighted by molar-refractivity contribution is 6.30. The highest BCUT2D eigenvalue weighted by atomic mass is 35.5. The van der Waals surface area contributed by atoms with Crippen molar-refractivity contribution in [2.75, 3.05) is 11.9 Å². The Labute approximate surface area is 201 Å². The molecule has 170 valence electrons. The lowest BCUT2D eigenvalue weighted by Gasteiger charge is -2.07. The summed E-state index contributed by atoms with van der Waals surface area (Å²) >= 11 is 5.89. The zero-order valence-corrected chi connectivity index (χ0v) is 18.8. The standard InChI is InChI=1S/C26H19ClN2O5/c1-2-33-25(31)18-8-10-22(11-9-18)29-24(30)20(16-28)14-17-6-12-23(13-7-17)34-26(32)19-4-3-5-21(27)15-19/h3-15H,2H2,1H3,(H,29,30)/b20-14+. The van der Waals surface area contributed by atoms with Crippen molar-refractivity contribution in [1.82, 2.24) is 0 Å². The minimum absolute atomic E-state index is 0.127. The van der Waals surface area contributed by atoms with Crippen molar-refractivity contribution in [1.29, 1.82) is 5.26 Å². The number of halogens is 1. The average Bonchev–Trinajstić information content (AvgIpc) is 2.84. The summed E-state index contributed by atoms with van der Waals surface area (Å²) < 4.78 is 10.2. The van der Waals surface area contributed by atoms with Crippen molar-refractivity contribution >= 4 is 41.2 Å². The summed E-state index contributed by atoms with van der Waals surface area (Å²) in [5.41, 5.74) is 1.52. The number of carbonyl (C=O) groups is 3. The van der Waals surface area contributed by atoms with Gasteiger partial charge in [0.1, 0.15) is 17.4 Å². The van der Waals surface area contributed by atoms with Crippen LogP contribution in [0.3, 0.4) is 0 Å². The molecular weight excluding hydrogens is 456 g/mol. The van der Waals surface area contributed by atoms with E-state index in [0.29, 0.717) is 33.1 Å². The van der Waals surface area contributed by atoms with Gasteiger partial charge in [0, 0.05) is 10.7 Å². The molecule has 1 amide bonds. The third-order valence-corrected chi connectivity index (χ3v) is 4.72. The highest BCUT2D eigenvalue weighted by Crippen LogP contribution is 2.18. The Hall–Kier alpha value is -4.41. The van der Waals surface area contributed by atoms with E-state index in [9.17, 15) is 19.6 Å². The minimum Gasteiger partial charge on any atom is -0.462 e. The number of ether oxygens (including phenoxy) is 2. The van der Waals surface area contributed by atoms with Crippen LogP contribution in [-0.4, -0.2) is 24.5 Å². The van der Waals surface area contributed by atoms with Gasteiger partial charge in [-0.25, -0.2) is 9.59 Å². The van der Waals surface area contributed by atoms with Crippen molar-refractivity contribution in [2.45, 2.75) is 6.92 Å². The molecule has 0 spiro atoms. The van der Waals surface area contributed by atoms with Crippen molar-refractivity contribution in [3.05, 3.63) is 100 Å². The number of anilines is 1. The van der Waals surface area contributed by atoms with Crippen LogP contribution in [0.15, 0.2) is 78.4 Å². The molecule has 0 atom stereocenters. The maximum atomic E-state index is 12.5. The summed E-state index contributed by atoms with van der Waals surface area (Å²) in [6.45, 7) is 1.97. The van der Waals surface area contributed by atoms with Crippen LogP contribution in [0.5, 0.6) is 5.75 Å². The van der Waals surface area contributed by atoms with Crippen molar-refractivity contribution < 1.29 is 23.9 Å². The zero-order chi connectivity index (χ0) is 24.5. The fraction of sp³-hybridized carbons (Fsp3) is 0.0769. The van der Waals surface area contributed by atoms with E-state index in [1.54, 1.807) is 61.5 Å². The van der Waals surface area contributed by atoms with Gasteiger partial charge in [-0.1, -0.05) is 29.8 Å². The monoisotopic (exact) mass is 474 g/mol. The van der Waals surface area contributed by atoms with Crippen molar-refractivity contribution in [3.8, 4) is 11.8 Å². The van der Waals surface area contributed by atoms with E-state index in [0.717, 1.165) is 0 Å². The number of esters is 2. The van der Waals surface area contributed by atoms with Crippen LogP contribution < -0.4 is 10.1 Å². The number of nitriles is 1. The Morgan fingerprint density at radius 3 is 2.29 bits per heavy atom. The number of carbonyl (C=O) groups excluding carboxylic acids is 3. The fourth-order valence-electron chi connectivity index (χ4n) is 2.83. The maximum Gasteiger partial charge on any atom is 0.343 e. The summed E-state index contributed by atoms with van der Waals surface area (Å²) in [6, 6.07) is 20.7. The van der Waals surface area contributed by atoms with E-state index in [2.05, 4.69) is 5.32 Å². The zero-order valence-electron chi connectivity index (χ0n) is 18.1. The van der Waals surface area contributed by atoms with E-state index >= 15 is 0 Å². The molecular formula is C26H19ClN2O5. The second kappa shape index (κ2) is 11.5. The molecule has 0 unspecified atom stereocenters. The van der Waals surface area contributed by atoms with E-state index in [4.69, 9.17) is 21.1 Å². The first kappa shape index (κ1) is 24.2. The van der Waals surface area contributed by atoms with Crippen LogP contribution in [0, 0.1) is 11.3 Å². The minimum atomic E-state index is -0.608. The lowest BCUT2D eigenvalue weighted by molar-refractivity contribution is -0.112. The van der Waals surface area contributed by atoms with E-state index in [1.807, 2.05) is 6.07 Å². The molecule has 8 heteroatoms. The molecule has 3 aromatic carbocycles. The molecule has 0 saturated carbocycles. The Morgan fingerprint density at radius 1 is 0.971 bits per heavy atom. The van der Waals surface area contributed by atoms with Crippen molar-refractivity contribution in [3.63, 3.8) is 0 Å². The van der Waals surface area contributed by atoms with E-state index in [-0.39, 0.29) is 12.2 Å². The van der Waals surface area contributed by atoms with Gasteiger partial charge in [0.15, 0.2) is 0 Å². The number of hydrogen-bond donors (Lipinski definition) is 1. The van der Waals surface area contributed by atoms with E-state index in [1.165, 1.54) is 24.3 Å². The molecule has 0 saturated heterocycles. The predicted molar refractivity (Wildman–Crippen MR) is 127 cm³/mol. The highest BCUT2D eigenvalue weighted by Gasteiger charge is 2.12. The molecule has 0 aliphatic rings. The molecule has 3 aromatic rings.